The molecule has 80 valence electrons. The molecule has 1 aromatic rings. The Kier molecular flexibility index (Phi) is 3.54. The van der Waals surface area contributed by atoms with Crippen molar-refractivity contribution in [3.63, 3.8) is 0 Å². The molecule has 0 spiro atoms. The summed E-state index contributed by atoms with van der Waals surface area (Å²) < 4.78 is 0. The van der Waals surface area contributed by atoms with Crippen molar-refractivity contribution >= 4 is 35.0 Å². The van der Waals surface area contributed by atoms with Crippen LogP contribution in [0, 0.1) is 0 Å². The monoisotopic (exact) mass is 241 g/mol. The second-order valence-corrected chi connectivity index (χ2v) is 4.74. The summed E-state index contributed by atoms with van der Waals surface area (Å²) in [5.41, 5.74) is 1.03. The zero-order valence-electron chi connectivity index (χ0n) is 8.28. The van der Waals surface area contributed by atoms with Crippen LogP contribution in [0.15, 0.2) is 29.2 Å². The molecule has 0 saturated heterocycles. The van der Waals surface area contributed by atoms with Crippen LogP contribution in [0.25, 0.3) is 0 Å². The average Bonchev–Trinajstić information content (AvgIpc) is 2.28. The number of fused-ring (bicyclic) bond motifs is 1. The first-order chi connectivity index (χ1) is 7.33. The molecule has 1 aliphatic heterocycles. The van der Waals surface area contributed by atoms with E-state index in [-0.39, 0.29) is 5.91 Å². The molecule has 0 fully saturated rings. The van der Waals surface area contributed by atoms with Crippen molar-refractivity contribution in [2.75, 3.05) is 23.1 Å². The van der Waals surface area contributed by atoms with Crippen LogP contribution in [0.1, 0.15) is 6.42 Å². The molecular weight excluding hydrogens is 230 g/mol. The van der Waals surface area contributed by atoms with E-state index in [4.69, 9.17) is 11.6 Å². The summed E-state index contributed by atoms with van der Waals surface area (Å²) in [4.78, 5) is 14.8. The molecule has 2 nitrogen and oxygen atoms in total. The molecule has 1 heterocycles. The Morgan fingerprint density at radius 1 is 1.40 bits per heavy atom. The fourth-order valence-electron chi connectivity index (χ4n) is 1.62. The molecule has 4 heteroatoms. The Labute approximate surface area is 98.6 Å². The molecule has 0 unspecified atom stereocenters. The summed E-state index contributed by atoms with van der Waals surface area (Å²) in [6.45, 7) is 0.722. The molecule has 0 N–H and O–H groups in total. The van der Waals surface area contributed by atoms with Crippen LogP contribution in [0.2, 0.25) is 0 Å². The van der Waals surface area contributed by atoms with E-state index in [1.165, 1.54) is 4.90 Å². The number of anilines is 1. The molecule has 1 aromatic carbocycles. The number of para-hydroxylation sites is 1. The fourth-order valence-corrected chi connectivity index (χ4v) is 2.67. The summed E-state index contributed by atoms with van der Waals surface area (Å²) in [7, 11) is 0. The van der Waals surface area contributed by atoms with Gasteiger partial charge < -0.3 is 4.90 Å². The highest BCUT2D eigenvalue weighted by Crippen LogP contribution is 2.34. The minimum Gasteiger partial charge on any atom is -0.311 e. The van der Waals surface area contributed by atoms with Crippen molar-refractivity contribution in [1.82, 2.24) is 0 Å². The number of hydrogen-bond donors (Lipinski definition) is 0. The van der Waals surface area contributed by atoms with Crippen molar-refractivity contribution in [2.45, 2.75) is 11.3 Å². The second kappa shape index (κ2) is 4.90. The first kappa shape index (κ1) is 10.8. The van der Waals surface area contributed by atoms with Gasteiger partial charge in [0.05, 0.1) is 11.4 Å². The van der Waals surface area contributed by atoms with Crippen LogP contribution < -0.4 is 4.90 Å². The topological polar surface area (TPSA) is 20.3 Å². The van der Waals surface area contributed by atoms with Crippen molar-refractivity contribution in [3.05, 3.63) is 24.3 Å². The molecule has 0 aromatic heterocycles. The summed E-state index contributed by atoms with van der Waals surface area (Å²) in [5, 5.41) is 0. The third kappa shape index (κ3) is 2.29. The molecule has 1 aliphatic rings. The van der Waals surface area contributed by atoms with Crippen LogP contribution >= 0.6 is 23.4 Å². The van der Waals surface area contributed by atoms with Gasteiger partial charge in [0.1, 0.15) is 0 Å². The molecule has 15 heavy (non-hydrogen) atoms. The van der Waals surface area contributed by atoms with Gasteiger partial charge in [-0.3, -0.25) is 4.79 Å². The van der Waals surface area contributed by atoms with Gasteiger partial charge in [-0.05, 0) is 18.6 Å². The zero-order chi connectivity index (χ0) is 10.7. The van der Waals surface area contributed by atoms with Gasteiger partial charge in [-0.15, -0.1) is 23.4 Å². The van der Waals surface area contributed by atoms with E-state index in [1.54, 1.807) is 11.8 Å². The van der Waals surface area contributed by atoms with Crippen LogP contribution in [0.4, 0.5) is 5.69 Å². The number of benzene rings is 1. The highest BCUT2D eigenvalue weighted by molar-refractivity contribution is 8.00. The van der Waals surface area contributed by atoms with Gasteiger partial charge >= 0.3 is 0 Å². The van der Waals surface area contributed by atoms with Gasteiger partial charge in [-0.25, -0.2) is 0 Å². The maximum atomic E-state index is 11.7. The SMILES string of the molecule is O=C1CSc2ccccc2N1CCCCl. The molecule has 0 atom stereocenters. The summed E-state index contributed by atoms with van der Waals surface area (Å²) >= 11 is 7.26. The van der Waals surface area contributed by atoms with E-state index in [0.29, 0.717) is 11.6 Å². The number of thioether (sulfide) groups is 1. The van der Waals surface area contributed by atoms with Crippen molar-refractivity contribution in [1.29, 1.82) is 0 Å². The van der Waals surface area contributed by atoms with Crippen LogP contribution in [0.5, 0.6) is 0 Å². The first-order valence-electron chi connectivity index (χ1n) is 4.91. The summed E-state index contributed by atoms with van der Waals surface area (Å²) in [6.07, 6.45) is 0.840. The second-order valence-electron chi connectivity index (χ2n) is 3.34. The third-order valence-corrected chi connectivity index (χ3v) is 3.64. The smallest absolute Gasteiger partial charge is 0.237 e. The lowest BCUT2D eigenvalue weighted by molar-refractivity contribution is -0.116. The van der Waals surface area contributed by atoms with Crippen LogP contribution in [0.3, 0.4) is 0 Å². The minimum absolute atomic E-state index is 0.184. The number of alkyl halides is 1. The van der Waals surface area contributed by atoms with Gasteiger partial charge in [-0.2, -0.15) is 0 Å². The zero-order valence-corrected chi connectivity index (χ0v) is 9.85. The van der Waals surface area contributed by atoms with Crippen molar-refractivity contribution < 1.29 is 4.79 Å². The number of carbonyl (C=O) groups is 1. The van der Waals surface area contributed by atoms with E-state index in [2.05, 4.69) is 6.07 Å². The Bertz CT molecular complexity index is 369. The molecule has 2 rings (SSSR count). The molecule has 0 saturated carbocycles. The summed E-state index contributed by atoms with van der Waals surface area (Å²) in [6, 6.07) is 8.01. The normalized spacial score (nSPS) is 15.3. The first-order valence-corrected chi connectivity index (χ1v) is 6.43. The summed E-state index contributed by atoms with van der Waals surface area (Å²) in [5.74, 6) is 1.32. The number of nitrogens with zero attached hydrogens (tertiary/aromatic N) is 1. The van der Waals surface area contributed by atoms with E-state index < -0.39 is 0 Å². The van der Waals surface area contributed by atoms with E-state index in [0.717, 1.165) is 18.7 Å². The highest BCUT2D eigenvalue weighted by Gasteiger charge is 2.23. The van der Waals surface area contributed by atoms with Gasteiger partial charge in [0, 0.05) is 17.3 Å². The van der Waals surface area contributed by atoms with E-state index in [9.17, 15) is 4.79 Å². The predicted octanol–water partition coefficient (Wildman–Crippen LogP) is 2.75. The standard InChI is InChI=1S/C11H12ClNOS/c12-6-3-7-13-9-4-1-2-5-10(9)15-8-11(13)14/h1-2,4-5H,3,6-8H2. The number of amides is 1. The number of hydrogen-bond acceptors (Lipinski definition) is 2. The lowest BCUT2D eigenvalue weighted by atomic mass is 10.2. The highest BCUT2D eigenvalue weighted by atomic mass is 35.5. The van der Waals surface area contributed by atoms with Crippen LogP contribution in [-0.2, 0) is 4.79 Å². The molecule has 0 bridgehead atoms. The lowest BCUT2D eigenvalue weighted by Crippen LogP contribution is -2.36. The number of rotatable bonds is 3. The number of carbonyl (C=O) groups excluding carboxylic acids is 1. The van der Waals surface area contributed by atoms with Gasteiger partial charge in [0.15, 0.2) is 0 Å². The minimum atomic E-state index is 0.184. The maximum Gasteiger partial charge on any atom is 0.237 e. The quantitative estimate of drug-likeness (QED) is 0.759. The maximum absolute atomic E-state index is 11.7. The number of halogens is 1. The van der Waals surface area contributed by atoms with Gasteiger partial charge in [0.2, 0.25) is 5.91 Å². The van der Waals surface area contributed by atoms with E-state index >= 15 is 0 Å². The van der Waals surface area contributed by atoms with Gasteiger partial charge in [0.25, 0.3) is 0 Å². The van der Waals surface area contributed by atoms with Crippen molar-refractivity contribution in [2.24, 2.45) is 0 Å². The Balaban J connectivity index is 2.25. The Hall–Kier alpha value is -0.670. The lowest BCUT2D eigenvalue weighted by Gasteiger charge is -2.28. The van der Waals surface area contributed by atoms with Crippen LogP contribution in [-0.4, -0.2) is 24.1 Å². The Morgan fingerprint density at radius 3 is 3.00 bits per heavy atom. The predicted molar refractivity (Wildman–Crippen MR) is 64.9 cm³/mol. The largest absolute Gasteiger partial charge is 0.311 e. The Morgan fingerprint density at radius 2 is 2.20 bits per heavy atom. The molecule has 0 aliphatic carbocycles. The van der Waals surface area contributed by atoms with Gasteiger partial charge in [-0.1, -0.05) is 12.1 Å². The fraction of sp³-hybridized carbons (Fsp3) is 0.364. The molecule has 0 radical (unpaired) electrons. The average molecular weight is 242 g/mol. The van der Waals surface area contributed by atoms with E-state index in [1.807, 2.05) is 23.1 Å². The third-order valence-electron chi connectivity index (χ3n) is 2.32. The molecule has 1 amide bonds. The van der Waals surface area contributed by atoms with Crippen molar-refractivity contribution in [3.8, 4) is 0 Å². The molecular formula is C11H12ClNOS.